The smallest absolute Gasteiger partial charge is 0.261 e. The first kappa shape index (κ1) is 18.4. The second kappa shape index (κ2) is 7.43. The van der Waals surface area contributed by atoms with Crippen molar-refractivity contribution in [1.82, 2.24) is 14.9 Å². The second-order valence-corrected chi connectivity index (χ2v) is 6.65. The monoisotopic (exact) mass is 393 g/mol. The van der Waals surface area contributed by atoms with Crippen molar-refractivity contribution in [3.63, 3.8) is 0 Å². The Morgan fingerprint density at radius 3 is 2.65 bits per heavy atom. The van der Waals surface area contributed by atoms with Crippen LogP contribution in [0.4, 0.5) is 4.39 Å². The molecule has 5 nitrogen and oxygen atoms in total. The van der Waals surface area contributed by atoms with Crippen LogP contribution >= 0.6 is 23.2 Å². The van der Waals surface area contributed by atoms with Gasteiger partial charge in [-0.1, -0.05) is 35.3 Å². The SMILES string of the molecule is CC(NC(=O)Cn1cnc2c(Cl)cc(Cl)cc2c1=O)c1ccc(F)cc1. The molecule has 0 aliphatic heterocycles. The van der Waals surface area contributed by atoms with Gasteiger partial charge in [-0.15, -0.1) is 0 Å². The molecule has 2 aromatic carbocycles. The Morgan fingerprint density at radius 2 is 1.96 bits per heavy atom. The summed E-state index contributed by atoms with van der Waals surface area (Å²) in [5.41, 5.74) is 0.670. The standard InChI is InChI=1S/C18H14Cl2FN3O2/c1-10(11-2-4-13(21)5-3-11)23-16(25)8-24-9-22-17-14(18(24)26)6-12(19)7-15(17)20/h2-7,9-10H,8H2,1H3,(H,23,25). The fraction of sp³-hybridized carbons (Fsp3) is 0.167. The number of carbonyl (C=O) groups is 1. The highest BCUT2D eigenvalue weighted by Crippen LogP contribution is 2.23. The summed E-state index contributed by atoms with van der Waals surface area (Å²) < 4.78 is 14.2. The lowest BCUT2D eigenvalue weighted by Crippen LogP contribution is -2.34. The van der Waals surface area contributed by atoms with Crippen molar-refractivity contribution < 1.29 is 9.18 Å². The summed E-state index contributed by atoms with van der Waals surface area (Å²) in [6.45, 7) is 1.56. The van der Waals surface area contributed by atoms with Crippen LogP contribution in [0.5, 0.6) is 0 Å². The minimum atomic E-state index is -0.413. The number of rotatable bonds is 4. The Bertz CT molecular complexity index is 1040. The summed E-state index contributed by atoms with van der Waals surface area (Å²) in [6.07, 6.45) is 1.27. The topological polar surface area (TPSA) is 64.0 Å². The fourth-order valence-electron chi connectivity index (χ4n) is 2.58. The second-order valence-electron chi connectivity index (χ2n) is 5.80. The average Bonchev–Trinajstić information content (AvgIpc) is 2.58. The van der Waals surface area contributed by atoms with Gasteiger partial charge in [-0.05, 0) is 36.8 Å². The van der Waals surface area contributed by atoms with Gasteiger partial charge in [0.2, 0.25) is 5.91 Å². The van der Waals surface area contributed by atoms with E-state index < -0.39 is 5.56 Å². The van der Waals surface area contributed by atoms with Gasteiger partial charge in [-0.3, -0.25) is 14.2 Å². The molecule has 0 spiro atoms. The molecule has 1 aromatic heterocycles. The van der Waals surface area contributed by atoms with Crippen molar-refractivity contribution in [2.24, 2.45) is 0 Å². The van der Waals surface area contributed by atoms with Crippen LogP contribution in [0.15, 0.2) is 47.5 Å². The van der Waals surface area contributed by atoms with E-state index in [1.165, 1.54) is 35.2 Å². The van der Waals surface area contributed by atoms with Crippen molar-refractivity contribution in [3.8, 4) is 0 Å². The molecule has 134 valence electrons. The maximum Gasteiger partial charge on any atom is 0.261 e. The van der Waals surface area contributed by atoms with Gasteiger partial charge in [-0.25, -0.2) is 9.37 Å². The Labute approximate surface area is 158 Å². The molecule has 3 aromatic rings. The zero-order chi connectivity index (χ0) is 18.8. The number of amides is 1. The number of nitrogens with zero attached hydrogens (tertiary/aromatic N) is 2. The van der Waals surface area contributed by atoms with Crippen molar-refractivity contribution in [2.45, 2.75) is 19.5 Å². The first-order valence-corrected chi connectivity index (χ1v) is 8.50. The highest BCUT2D eigenvalue weighted by Gasteiger charge is 2.13. The zero-order valence-electron chi connectivity index (χ0n) is 13.7. The predicted octanol–water partition coefficient (Wildman–Crippen LogP) is 3.72. The van der Waals surface area contributed by atoms with Gasteiger partial charge in [-0.2, -0.15) is 0 Å². The Morgan fingerprint density at radius 1 is 1.27 bits per heavy atom. The maximum absolute atomic E-state index is 13.0. The van der Waals surface area contributed by atoms with E-state index in [4.69, 9.17) is 23.2 Å². The highest BCUT2D eigenvalue weighted by molar-refractivity contribution is 6.38. The average molecular weight is 394 g/mol. The molecule has 0 saturated heterocycles. The summed E-state index contributed by atoms with van der Waals surface area (Å²) in [5, 5.41) is 3.58. The van der Waals surface area contributed by atoms with Crippen molar-refractivity contribution in [2.75, 3.05) is 0 Å². The van der Waals surface area contributed by atoms with E-state index >= 15 is 0 Å². The Balaban J connectivity index is 1.80. The largest absolute Gasteiger partial charge is 0.348 e. The van der Waals surface area contributed by atoms with Gasteiger partial charge in [0.25, 0.3) is 5.56 Å². The molecule has 0 fully saturated rings. The number of fused-ring (bicyclic) bond motifs is 1. The lowest BCUT2D eigenvalue weighted by Gasteiger charge is -2.15. The number of benzene rings is 2. The van der Waals surface area contributed by atoms with E-state index in [0.717, 1.165) is 5.56 Å². The first-order valence-electron chi connectivity index (χ1n) is 7.74. The summed E-state index contributed by atoms with van der Waals surface area (Å²) in [6, 6.07) is 8.46. The molecule has 0 aliphatic rings. The minimum absolute atomic E-state index is 0.211. The molecular formula is C18H14Cl2FN3O2. The van der Waals surface area contributed by atoms with Crippen LogP contribution in [0.3, 0.4) is 0 Å². The molecule has 1 N–H and O–H groups in total. The van der Waals surface area contributed by atoms with Crippen LogP contribution in [0, 0.1) is 5.82 Å². The van der Waals surface area contributed by atoms with E-state index in [0.29, 0.717) is 10.5 Å². The molecule has 1 atom stereocenters. The van der Waals surface area contributed by atoms with Gasteiger partial charge in [0.15, 0.2) is 0 Å². The van der Waals surface area contributed by atoms with Gasteiger partial charge in [0.1, 0.15) is 12.4 Å². The molecule has 0 saturated carbocycles. The lowest BCUT2D eigenvalue weighted by atomic mass is 10.1. The highest BCUT2D eigenvalue weighted by atomic mass is 35.5. The van der Waals surface area contributed by atoms with Gasteiger partial charge < -0.3 is 5.32 Å². The van der Waals surface area contributed by atoms with Crippen LogP contribution in [0.1, 0.15) is 18.5 Å². The van der Waals surface area contributed by atoms with Crippen LogP contribution in [0.25, 0.3) is 10.9 Å². The zero-order valence-corrected chi connectivity index (χ0v) is 15.2. The predicted molar refractivity (Wildman–Crippen MR) is 99.0 cm³/mol. The van der Waals surface area contributed by atoms with E-state index in [-0.39, 0.29) is 34.7 Å². The summed E-state index contributed by atoms with van der Waals surface area (Å²) >= 11 is 12.0. The van der Waals surface area contributed by atoms with E-state index in [9.17, 15) is 14.0 Å². The molecule has 0 radical (unpaired) electrons. The molecule has 0 bridgehead atoms. The Hall–Kier alpha value is -2.44. The maximum atomic E-state index is 13.0. The number of aromatic nitrogens is 2. The quantitative estimate of drug-likeness (QED) is 0.734. The number of halogens is 3. The first-order chi connectivity index (χ1) is 12.3. The van der Waals surface area contributed by atoms with E-state index in [1.807, 2.05) is 0 Å². The van der Waals surface area contributed by atoms with Gasteiger partial charge in [0, 0.05) is 5.02 Å². The van der Waals surface area contributed by atoms with Crippen molar-refractivity contribution in [1.29, 1.82) is 0 Å². The fourth-order valence-corrected chi connectivity index (χ4v) is 3.13. The van der Waals surface area contributed by atoms with Crippen LogP contribution in [0.2, 0.25) is 10.0 Å². The molecule has 3 rings (SSSR count). The minimum Gasteiger partial charge on any atom is -0.348 e. The van der Waals surface area contributed by atoms with Crippen molar-refractivity contribution in [3.05, 3.63) is 74.5 Å². The Kier molecular flexibility index (Phi) is 5.25. The summed E-state index contributed by atoms with van der Waals surface area (Å²) in [7, 11) is 0. The third kappa shape index (κ3) is 3.86. The molecule has 1 amide bonds. The number of hydrogen-bond donors (Lipinski definition) is 1. The van der Waals surface area contributed by atoms with Crippen LogP contribution in [-0.4, -0.2) is 15.5 Å². The van der Waals surface area contributed by atoms with Crippen LogP contribution in [-0.2, 0) is 11.3 Å². The van der Waals surface area contributed by atoms with E-state index in [2.05, 4.69) is 10.3 Å². The molecule has 1 heterocycles. The third-order valence-corrected chi connectivity index (χ3v) is 4.41. The summed E-state index contributed by atoms with van der Waals surface area (Å²) in [4.78, 5) is 28.9. The van der Waals surface area contributed by atoms with Crippen molar-refractivity contribution >= 4 is 40.0 Å². The number of hydrogen-bond acceptors (Lipinski definition) is 3. The molecule has 1 unspecified atom stereocenters. The number of carbonyl (C=O) groups excluding carboxylic acids is 1. The molecule has 8 heteroatoms. The lowest BCUT2D eigenvalue weighted by molar-refractivity contribution is -0.122. The molecule has 26 heavy (non-hydrogen) atoms. The number of nitrogens with one attached hydrogen (secondary N) is 1. The van der Waals surface area contributed by atoms with E-state index in [1.54, 1.807) is 19.1 Å². The van der Waals surface area contributed by atoms with Gasteiger partial charge in [0.05, 0.1) is 28.3 Å². The summed E-state index contributed by atoms with van der Waals surface area (Å²) in [5.74, 6) is -0.725. The molecular weight excluding hydrogens is 380 g/mol. The normalized spacial score (nSPS) is 12.2. The van der Waals surface area contributed by atoms with Crippen LogP contribution < -0.4 is 10.9 Å². The van der Waals surface area contributed by atoms with Gasteiger partial charge >= 0.3 is 0 Å². The third-order valence-electron chi connectivity index (χ3n) is 3.91. The molecule has 0 aliphatic carbocycles.